The van der Waals surface area contributed by atoms with Crippen LogP contribution in [0.4, 0.5) is 0 Å². The maximum atomic E-state index is 13.1. The summed E-state index contributed by atoms with van der Waals surface area (Å²) >= 11 is 0. The van der Waals surface area contributed by atoms with Crippen LogP contribution in [0.5, 0.6) is 5.75 Å². The number of carbonyl (C=O) groups is 1. The van der Waals surface area contributed by atoms with Gasteiger partial charge in [0.15, 0.2) is 0 Å². The fourth-order valence-electron chi connectivity index (χ4n) is 3.82. The average Bonchev–Trinajstić information content (AvgIpc) is 3.36. The molecule has 1 aliphatic rings. The number of rotatable bonds is 4. The first-order chi connectivity index (χ1) is 13.2. The van der Waals surface area contributed by atoms with E-state index in [9.17, 15) is 4.79 Å². The molecule has 2 heterocycles. The molecule has 0 N–H and O–H groups in total. The number of aromatic nitrogens is 1. The zero-order valence-electron chi connectivity index (χ0n) is 15.8. The number of carbonyl (C=O) groups excluding carboxylic acids is 1. The summed E-state index contributed by atoms with van der Waals surface area (Å²) in [5.41, 5.74) is 4.83. The second-order valence-corrected chi connectivity index (χ2v) is 6.93. The quantitative estimate of drug-likeness (QED) is 0.676. The Morgan fingerprint density at radius 2 is 1.70 bits per heavy atom. The lowest BCUT2D eigenvalue weighted by molar-refractivity contribution is 0.0792. The Hall–Kier alpha value is -3.01. The molecule has 1 amide bonds. The van der Waals surface area contributed by atoms with Crippen molar-refractivity contribution in [3.63, 3.8) is 0 Å². The summed E-state index contributed by atoms with van der Waals surface area (Å²) in [6.45, 7) is 3.72. The van der Waals surface area contributed by atoms with Crippen molar-refractivity contribution in [2.75, 3.05) is 20.2 Å². The van der Waals surface area contributed by atoms with Crippen LogP contribution >= 0.6 is 0 Å². The van der Waals surface area contributed by atoms with Crippen molar-refractivity contribution in [3.8, 4) is 22.7 Å². The van der Waals surface area contributed by atoms with Gasteiger partial charge in [0.25, 0.3) is 5.91 Å². The summed E-state index contributed by atoms with van der Waals surface area (Å²) in [5.74, 6) is 0.927. The largest absolute Gasteiger partial charge is 0.497 e. The molecule has 4 nitrogen and oxygen atoms in total. The van der Waals surface area contributed by atoms with E-state index >= 15 is 0 Å². The Balaban J connectivity index is 1.88. The zero-order chi connectivity index (χ0) is 18.8. The van der Waals surface area contributed by atoms with Gasteiger partial charge in [-0.1, -0.05) is 36.4 Å². The number of ether oxygens (including phenoxy) is 1. The van der Waals surface area contributed by atoms with E-state index in [-0.39, 0.29) is 5.91 Å². The van der Waals surface area contributed by atoms with Crippen LogP contribution in [0.1, 0.15) is 28.9 Å². The Morgan fingerprint density at radius 3 is 2.41 bits per heavy atom. The minimum absolute atomic E-state index is 0.129. The van der Waals surface area contributed by atoms with Gasteiger partial charge in [0.2, 0.25) is 0 Å². The second kappa shape index (κ2) is 7.31. The van der Waals surface area contributed by atoms with E-state index in [1.807, 2.05) is 60.4 Å². The van der Waals surface area contributed by atoms with Gasteiger partial charge < -0.3 is 14.2 Å². The van der Waals surface area contributed by atoms with Crippen LogP contribution in [0.3, 0.4) is 0 Å². The second-order valence-electron chi connectivity index (χ2n) is 6.93. The van der Waals surface area contributed by atoms with Gasteiger partial charge in [0, 0.05) is 30.5 Å². The zero-order valence-corrected chi connectivity index (χ0v) is 15.8. The summed E-state index contributed by atoms with van der Waals surface area (Å²) in [4.78, 5) is 15.1. The molecule has 1 aliphatic heterocycles. The van der Waals surface area contributed by atoms with E-state index in [0.29, 0.717) is 0 Å². The molecule has 0 radical (unpaired) electrons. The molecule has 0 unspecified atom stereocenters. The standard InChI is InChI=1S/C23H24N2O2/c1-17-21(23(26)24-13-6-7-14-24)16-22(18-9-4-3-5-10-18)25(17)19-11-8-12-20(15-19)27-2/h3-5,8-12,15-16H,6-7,13-14H2,1-2H3. The van der Waals surface area contributed by atoms with Crippen molar-refractivity contribution in [1.82, 2.24) is 9.47 Å². The predicted molar refractivity (Wildman–Crippen MR) is 108 cm³/mol. The van der Waals surface area contributed by atoms with Gasteiger partial charge in [-0.2, -0.15) is 0 Å². The third-order valence-corrected chi connectivity index (χ3v) is 5.25. The summed E-state index contributed by atoms with van der Waals surface area (Å²) in [6, 6.07) is 20.2. The Bertz CT molecular complexity index is 954. The lowest BCUT2D eigenvalue weighted by atomic mass is 10.1. The van der Waals surface area contributed by atoms with Crippen LogP contribution in [-0.2, 0) is 0 Å². The average molecular weight is 360 g/mol. The van der Waals surface area contributed by atoms with E-state index in [0.717, 1.165) is 59.9 Å². The molecule has 0 spiro atoms. The van der Waals surface area contributed by atoms with E-state index in [2.05, 4.69) is 16.7 Å². The molecule has 3 aromatic rings. The van der Waals surface area contributed by atoms with E-state index < -0.39 is 0 Å². The van der Waals surface area contributed by atoms with Crippen LogP contribution in [0.25, 0.3) is 16.9 Å². The van der Waals surface area contributed by atoms with Crippen LogP contribution < -0.4 is 4.74 Å². The number of hydrogen-bond acceptors (Lipinski definition) is 2. The van der Waals surface area contributed by atoms with Crippen LogP contribution in [0, 0.1) is 6.92 Å². The third-order valence-electron chi connectivity index (χ3n) is 5.25. The van der Waals surface area contributed by atoms with Gasteiger partial charge in [0.1, 0.15) is 5.75 Å². The van der Waals surface area contributed by atoms with Gasteiger partial charge >= 0.3 is 0 Å². The number of amides is 1. The highest BCUT2D eigenvalue weighted by Crippen LogP contribution is 2.31. The first-order valence-electron chi connectivity index (χ1n) is 9.40. The highest BCUT2D eigenvalue weighted by molar-refractivity contribution is 5.97. The molecule has 2 aromatic carbocycles. The SMILES string of the molecule is COc1cccc(-n2c(-c3ccccc3)cc(C(=O)N3CCCC3)c2C)c1. The fraction of sp³-hybridized carbons (Fsp3) is 0.261. The molecule has 1 aromatic heterocycles. The summed E-state index contributed by atoms with van der Waals surface area (Å²) in [6.07, 6.45) is 2.18. The fourth-order valence-corrected chi connectivity index (χ4v) is 3.82. The molecular weight excluding hydrogens is 336 g/mol. The number of hydrogen-bond donors (Lipinski definition) is 0. The monoisotopic (exact) mass is 360 g/mol. The van der Waals surface area contributed by atoms with Gasteiger partial charge in [-0.05, 0) is 43.5 Å². The van der Waals surface area contributed by atoms with Crippen molar-refractivity contribution in [3.05, 3.63) is 71.9 Å². The molecule has 4 heteroatoms. The Labute approximate surface area is 160 Å². The van der Waals surface area contributed by atoms with E-state index in [4.69, 9.17) is 4.74 Å². The molecule has 1 saturated heterocycles. The van der Waals surface area contributed by atoms with Crippen molar-refractivity contribution >= 4 is 5.91 Å². The van der Waals surface area contributed by atoms with Gasteiger partial charge in [-0.25, -0.2) is 0 Å². The number of nitrogens with zero attached hydrogens (tertiary/aromatic N) is 2. The molecule has 1 fully saturated rings. The van der Waals surface area contributed by atoms with E-state index in [1.54, 1.807) is 7.11 Å². The maximum Gasteiger partial charge on any atom is 0.255 e. The number of likely N-dealkylation sites (tertiary alicyclic amines) is 1. The van der Waals surface area contributed by atoms with E-state index in [1.165, 1.54) is 0 Å². The van der Waals surface area contributed by atoms with Crippen LogP contribution in [0.2, 0.25) is 0 Å². The lowest BCUT2D eigenvalue weighted by Crippen LogP contribution is -2.27. The lowest BCUT2D eigenvalue weighted by Gasteiger charge is -2.16. The predicted octanol–water partition coefficient (Wildman–Crippen LogP) is 4.70. The van der Waals surface area contributed by atoms with Gasteiger partial charge in [-0.3, -0.25) is 4.79 Å². The van der Waals surface area contributed by atoms with Crippen molar-refractivity contribution in [1.29, 1.82) is 0 Å². The third kappa shape index (κ3) is 3.23. The summed E-state index contributed by atoms with van der Waals surface area (Å²) in [7, 11) is 1.67. The van der Waals surface area contributed by atoms with Crippen molar-refractivity contribution in [2.24, 2.45) is 0 Å². The molecule has 0 bridgehead atoms. The summed E-state index contributed by atoms with van der Waals surface area (Å²) in [5, 5.41) is 0. The molecule has 27 heavy (non-hydrogen) atoms. The van der Waals surface area contributed by atoms with Crippen molar-refractivity contribution in [2.45, 2.75) is 19.8 Å². The number of methoxy groups -OCH3 is 1. The smallest absolute Gasteiger partial charge is 0.255 e. The Morgan fingerprint density at radius 1 is 0.963 bits per heavy atom. The van der Waals surface area contributed by atoms with Crippen LogP contribution in [-0.4, -0.2) is 35.6 Å². The van der Waals surface area contributed by atoms with Crippen LogP contribution in [0.15, 0.2) is 60.7 Å². The minimum atomic E-state index is 0.129. The topological polar surface area (TPSA) is 34.5 Å². The molecule has 0 atom stereocenters. The first-order valence-corrected chi connectivity index (χ1v) is 9.40. The highest BCUT2D eigenvalue weighted by atomic mass is 16.5. The first kappa shape index (κ1) is 17.4. The van der Waals surface area contributed by atoms with Crippen molar-refractivity contribution < 1.29 is 9.53 Å². The normalized spacial score (nSPS) is 13.8. The minimum Gasteiger partial charge on any atom is -0.497 e. The number of benzene rings is 2. The molecule has 0 aliphatic carbocycles. The molecule has 4 rings (SSSR count). The molecule has 138 valence electrons. The summed E-state index contributed by atoms with van der Waals surface area (Å²) < 4.78 is 7.56. The highest BCUT2D eigenvalue weighted by Gasteiger charge is 2.25. The molecule has 0 saturated carbocycles. The maximum absolute atomic E-state index is 13.1. The molecular formula is C23H24N2O2. The van der Waals surface area contributed by atoms with Gasteiger partial charge in [-0.15, -0.1) is 0 Å². The Kier molecular flexibility index (Phi) is 4.71. The van der Waals surface area contributed by atoms with Gasteiger partial charge in [0.05, 0.1) is 18.4 Å².